The van der Waals surface area contributed by atoms with Gasteiger partial charge in [-0.3, -0.25) is 14.2 Å². The van der Waals surface area contributed by atoms with Crippen molar-refractivity contribution >= 4 is 16.8 Å². The predicted molar refractivity (Wildman–Crippen MR) is 95.8 cm³/mol. The molecular weight excluding hydrogens is 304 g/mol. The number of hydrogen-bond donors (Lipinski definition) is 2. The zero-order valence-electron chi connectivity index (χ0n) is 14.6. The number of aryl methyl sites for hydroxylation is 2. The van der Waals surface area contributed by atoms with Crippen LogP contribution in [0.25, 0.3) is 10.9 Å². The highest BCUT2D eigenvalue weighted by Crippen LogP contribution is 2.11. The van der Waals surface area contributed by atoms with Gasteiger partial charge in [0.05, 0.1) is 17.2 Å². The van der Waals surface area contributed by atoms with Crippen LogP contribution in [0, 0.1) is 12.8 Å². The fraction of sp³-hybridized carbons (Fsp3) is 0.500. The molecule has 130 valence electrons. The number of nitrogens with two attached hydrogens (primary N) is 1. The van der Waals surface area contributed by atoms with Crippen LogP contribution in [0.5, 0.6) is 0 Å². The number of amides is 1. The van der Waals surface area contributed by atoms with Crippen molar-refractivity contribution in [3.8, 4) is 0 Å². The molecule has 0 aliphatic heterocycles. The third-order valence-corrected chi connectivity index (χ3v) is 4.04. The largest absolute Gasteiger partial charge is 0.352 e. The van der Waals surface area contributed by atoms with Crippen LogP contribution in [0.1, 0.15) is 32.3 Å². The van der Waals surface area contributed by atoms with E-state index in [-0.39, 0.29) is 23.9 Å². The van der Waals surface area contributed by atoms with Crippen molar-refractivity contribution in [2.45, 2.75) is 46.2 Å². The quantitative estimate of drug-likeness (QED) is 0.806. The minimum Gasteiger partial charge on any atom is -0.352 e. The van der Waals surface area contributed by atoms with Crippen LogP contribution >= 0.6 is 0 Å². The molecule has 2 rings (SSSR count). The van der Waals surface area contributed by atoms with Gasteiger partial charge in [0, 0.05) is 25.6 Å². The highest BCUT2D eigenvalue weighted by Gasteiger charge is 2.13. The second-order valence-corrected chi connectivity index (χ2v) is 6.59. The van der Waals surface area contributed by atoms with Crippen LogP contribution < -0.4 is 16.6 Å². The van der Waals surface area contributed by atoms with E-state index in [2.05, 4.69) is 24.1 Å². The van der Waals surface area contributed by atoms with Gasteiger partial charge in [-0.05, 0) is 30.9 Å². The lowest BCUT2D eigenvalue weighted by Gasteiger charge is -2.19. The van der Waals surface area contributed by atoms with E-state index in [0.717, 1.165) is 12.0 Å². The van der Waals surface area contributed by atoms with E-state index >= 15 is 0 Å². The number of benzene rings is 1. The second-order valence-electron chi connectivity index (χ2n) is 6.59. The number of nitrogens with zero attached hydrogens (tertiary/aromatic N) is 2. The molecule has 0 radical (unpaired) electrons. The van der Waals surface area contributed by atoms with Crippen LogP contribution in [-0.4, -0.2) is 28.0 Å². The molecule has 24 heavy (non-hydrogen) atoms. The van der Waals surface area contributed by atoms with E-state index in [1.165, 1.54) is 10.9 Å². The second kappa shape index (κ2) is 8.06. The Morgan fingerprint density at radius 1 is 1.38 bits per heavy atom. The first-order valence-corrected chi connectivity index (χ1v) is 8.36. The number of aromatic nitrogens is 2. The van der Waals surface area contributed by atoms with Gasteiger partial charge in [0.2, 0.25) is 5.91 Å². The summed E-state index contributed by atoms with van der Waals surface area (Å²) in [6.45, 7) is 6.84. The predicted octanol–water partition coefficient (Wildman–Crippen LogP) is 1.58. The summed E-state index contributed by atoms with van der Waals surface area (Å²) in [5, 5.41) is 3.52. The highest BCUT2D eigenvalue weighted by atomic mass is 16.2. The number of hydrogen-bond acceptors (Lipinski definition) is 4. The maximum Gasteiger partial charge on any atom is 0.261 e. The summed E-state index contributed by atoms with van der Waals surface area (Å²) in [5.74, 6) is 0.372. The standard InChI is InChI=1S/C18H26N4O2/c1-12(2)9-14(10-19)21-16(23)7-8-22-11-20-17-13(3)5-4-6-15(17)18(22)24/h4-6,11-12,14H,7-10,19H2,1-3H3,(H,21,23). The summed E-state index contributed by atoms with van der Waals surface area (Å²) in [6, 6.07) is 5.51. The molecule has 1 atom stereocenters. The molecule has 2 aromatic rings. The number of nitrogens with one attached hydrogen (secondary N) is 1. The molecule has 0 bridgehead atoms. The SMILES string of the molecule is Cc1cccc2c(=O)n(CCC(=O)NC(CN)CC(C)C)cnc12. The van der Waals surface area contributed by atoms with Gasteiger partial charge in [-0.1, -0.05) is 26.0 Å². The molecule has 0 aliphatic rings. The summed E-state index contributed by atoms with van der Waals surface area (Å²) in [5.41, 5.74) is 7.26. The summed E-state index contributed by atoms with van der Waals surface area (Å²) >= 11 is 0. The van der Waals surface area contributed by atoms with Gasteiger partial charge in [-0.2, -0.15) is 0 Å². The maximum atomic E-state index is 12.5. The van der Waals surface area contributed by atoms with Crippen molar-refractivity contribution in [3.05, 3.63) is 40.4 Å². The fourth-order valence-electron chi connectivity index (χ4n) is 2.80. The Morgan fingerprint density at radius 3 is 2.79 bits per heavy atom. The minimum absolute atomic E-state index is 0.0217. The fourth-order valence-corrected chi connectivity index (χ4v) is 2.80. The smallest absolute Gasteiger partial charge is 0.261 e. The Morgan fingerprint density at radius 2 is 2.12 bits per heavy atom. The van der Waals surface area contributed by atoms with E-state index < -0.39 is 0 Å². The molecule has 1 unspecified atom stereocenters. The summed E-state index contributed by atoms with van der Waals surface area (Å²) in [7, 11) is 0. The Kier molecular flexibility index (Phi) is 6.09. The van der Waals surface area contributed by atoms with Crippen LogP contribution in [-0.2, 0) is 11.3 Å². The lowest BCUT2D eigenvalue weighted by molar-refractivity contribution is -0.122. The molecular formula is C18H26N4O2. The zero-order chi connectivity index (χ0) is 17.7. The van der Waals surface area contributed by atoms with Crippen molar-refractivity contribution < 1.29 is 4.79 Å². The molecule has 0 aliphatic carbocycles. The van der Waals surface area contributed by atoms with Crippen molar-refractivity contribution in [1.82, 2.24) is 14.9 Å². The van der Waals surface area contributed by atoms with Crippen molar-refractivity contribution in [2.75, 3.05) is 6.54 Å². The van der Waals surface area contributed by atoms with Gasteiger partial charge in [-0.25, -0.2) is 4.98 Å². The highest BCUT2D eigenvalue weighted by molar-refractivity contribution is 5.80. The number of fused-ring (bicyclic) bond motifs is 1. The number of carbonyl (C=O) groups excluding carboxylic acids is 1. The topological polar surface area (TPSA) is 90.0 Å². The van der Waals surface area contributed by atoms with Gasteiger partial charge in [-0.15, -0.1) is 0 Å². The first kappa shape index (κ1) is 18.1. The van der Waals surface area contributed by atoms with Gasteiger partial charge < -0.3 is 11.1 Å². The number of carbonyl (C=O) groups is 1. The lowest BCUT2D eigenvalue weighted by Crippen LogP contribution is -2.41. The van der Waals surface area contributed by atoms with Gasteiger partial charge >= 0.3 is 0 Å². The Balaban J connectivity index is 2.04. The molecule has 0 spiro atoms. The minimum atomic E-state index is -0.117. The van der Waals surface area contributed by atoms with Crippen LogP contribution in [0.15, 0.2) is 29.3 Å². The molecule has 3 N–H and O–H groups in total. The van der Waals surface area contributed by atoms with Crippen molar-refractivity contribution in [1.29, 1.82) is 0 Å². The Hall–Kier alpha value is -2.21. The maximum absolute atomic E-state index is 12.5. The van der Waals surface area contributed by atoms with Gasteiger partial charge in [0.1, 0.15) is 0 Å². The third kappa shape index (κ3) is 4.41. The molecule has 1 heterocycles. The van der Waals surface area contributed by atoms with E-state index in [1.54, 1.807) is 6.07 Å². The molecule has 1 amide bonds. The normalized spacial score (nSPS) is 12.5. The van der Waals surface area contributed by atoms with Crippen molar-refractivity contribution in [3.63, 3.8) is 0 Å². The van der Waals surface area contributed by atoms with Gasteiger partial charge in [0.25, 0.3) is 5.56 Å². The van der Waals surface area contributed by atoms with E-state index in [4.69, 9.17) is 5.73 Å². The van der Waals surface area contributed by atoms with Crippen LogP contribution in [0.3, 0.4) is 0 Å². The van der Waals surface area contributed by atoms with Crippen LogP contribution in [0.2, 0.25) is 0 Å². The average molecular weight is 330 g/mol. The number of para-hydroxylation sites is 1. The first-order chi connectivity index (χ1) is 11.4. The third-order valence-electron chi connectivity index (χ3n) is 4.04. The molecule has 6 heteroatoms. The molecule has 1 aromatic heterocycles. The molecule has 0 saturated carbocycles. The molecule has 0 saturated heterocycles. The Bertz CT molecular complexity index is 767. The molecule has 0 fully saturated rings. The Labute approximate surface area is 142 Å². The van der Waals surface area contributed by atoms with Crippen LogP contribution in [0.4, 0.5) is 0 Å². The summed E-state index contributed by atoms with van der Waals surface area (Å²) in [6.07, 6.45) is 2.59. The van der Waals surface area contributed by atoms with E-state index in [0.29, 0.717) is 29.9 Å². The summed E-state index contributed by atoms with van der Waals surface area (Å²) < 4.78 is 1.49. The monoisotopic (exact) mass is 330 g/mol. The lowest BCUT2D eigenvalue weighted by atomic mass is 10.0. The first-order valence-electron chi connectivity index (χ1n) is 8.36. The summed E-state index contributed by atoms with van der Waals surface area (Å²) in [4.78, 5) is 28.9. The van der Waals surface area contributed by atoms with E-state index in [1.807, 2.05) is 19.1 Å². The van der Waals surface area contributed by atoms with Crippen molar-refractivity contribution in [2.24, 2.45) is 11.7 Å². The average Bonchev–Trinajstić information content (AvgIpc) is 2.54. The zero-order valence-corrected chi connectivity index (χ0v) is 14.6. The molecule has 6 nitrogen and oxygen atoms in total. The molecule has 1 aromatic carbocycles. The van der Waals surface area contributed by atoms with E-state index in [9.17, 15) is 9.59 Å². The van der Waals surface area contributed by atoms with Gasteiger partial charge in [0.15, 0.2) is 0 Å². The number of rotatable bonds is 7.